The summed E-state index contributed by atoms with van der Waals surface area (Å²) in [5.41, 5.74) is 0. The predicted octanol–water partition coefficient (Wildman–Crippen LogP) is 4.66. The summed E-state index contributed by atoms with van der Waals surface area (Å²) in [4.78, 5) is 0. The lowest BCUT2D eigenvalue weighted by molar-refractivity contribution is 0.583. The molecular weight excluding hydrogens is 543 g/mol. The van der Waals surface area contributed by atoms with E-state index >= 15 is 0 Å². The van der Waals surface area contributed by atoms with Gasteiger partial charge in [0.15, 0.2) is 3.36 Å². The molecule has 0 heterocycles. The van der Waals surface area contributed by atoms with Gasteiger partial charge in [-0.3, -0.25) is 0 Å². The topological polar surface area (TPSA) is 6.48 Å². The summed E-state index contributed by atoms with van der Waals surface area (Å²) in [5.74, 6) is 0. The van der Waals surface area contributed by atoms with Crippen molar-refractivity contribution in [3.8, 4) is 0 Å². The molecule has 0 bridgehead atoms. The van der Waals surface area contributed by atoms with Crippen molar-refractivity contribution in [1.29, 1.82) is 0 Å². The van der Waals surface area contributed by atoms with Crippen LogP contribution < -0.4 is 0 Å². The molecule has 8 heteroatoms. The SMILES string of the molecule is BrN(Br)CCC(Br)(Br)N(Br)Br. The highest BCUT2D eigenvalue weighted by atomic mass is 79.9. The van der Waals surface area contributed by atoms with Crippen LogP contribution in [0.15, 0.2) is 0 Å². The van der Waals surface area contributed by atoms with Gasteiger partial charge in [-0.2, -0.15) is 2.95 Å². The Labute approximate surface area is 117 Å². The van der Waals surface area contributed by atoms with Gasteiger partial charge >= 0.3 is 0 Å². The lowest BCUT2D eigenvalue weighted by Gasteiger charge is -2.24. The van der Waals surface area contributed by atoms with E-state index in [2.05, 4.69) is 96.4 Å². The lowest BCUT2D eigenvalue weighted by atomic mass is 10.4. The molecule has 0 aliphatic heterocycles. The van der Waals surface area contributed by atoms with E-state index in [9.17, 15) is 0 Å². The molecular formula is C3H4Br6N2. The van der Waals surface area contributed by atoms with Crippen LogP contribution in [0.2, 0.25) is 0 Å². The van der Waals surface area contributed by atoms with Gasteiger partial charge in [0, 0.05) is 77.6 Å². The van der Waals surface area contributed by atoms with Crippen molar-refractivity contribution in [2.45, 2.75) is 9.78 Å². The maximum Gasteiger partial charge on any atom is 0.153 e. The van der Waals surface area contributed by atoms with Crippen molar-refractivity contribution in [2.24, 2.45) is 0 Å². The van der Waals surface area contributed by atoms with Gasteiger partial charge in [0.05, 0.1) is 0 Å². The van der Waals surface area contributed by atoms with Crippen molar-refractivity contribution < 1.29 is 0 Å². The minimum absolute atomic E-state index is 0.278. The third-order valence-corrected chi connectivity index (χ3v) is 6.15. The third-order valence-electron chi connectivity index (χ3n) is 0.829. The molecule has 0 aliphatic rings. The van der Waals surface area contributed by atoms with E-state index < -0.39 is 0 Å². The molecule has 0 unspecified atom stereocenters. The van der Waals surface area contributed by atoms with Crippen LogP contribution in [0.3, 0.4) is 0 Å². The molecule has 0 aromatic carbocycles. The fourth-order valence-electron chi connectivity index (χ4n) is 0.304. The number of alkyl halides is 2. The minimum atomic E-state index is -0.278. The summed E-state index contributed by atoms with van der Waals surface area (Å²) < 4.78 is 3.16. The molecule has 0 saturated heterocycles. The average Bonchev–Trinajstić information content (AvgIpc) is 1.84. The summed E-state index contributed by atoms with van der Waals surface area (Å²) in [7, 11) is 0. The van der Waals surface area contributed by atoms with Crippen LogP contribution >= 0.6 is 96.4 Å². The fraction of sp³-hybridized carbons (Fsp3) is 1.00. The molecule has 0 rings (SSSR count). The molecule has 68 valence electrons. The van der Waals surface area contributed by atoms with E-state index in [1.165, 1.54) is 0 Å². The largest absolute Gasteiger partial charge is 0.178 e. The van der Waals surface area contributed by atoms with E-state index in [1.54, 1.807) is 5.90 Å². The molecule has 0 aromatic heterocycles. The smallest absolute Gasteiger partial charge is 0.153 e. The van der Waals surface area contributed by atoms with Crippen molar-refractivity contribution in [2.75, 3.05) is 6.54 Å². The van der Waals surface area contributed by atoms with E-state index in [1.807, 2.05) is 0 Å². The number of halogens is 6. The van der Waals surface area contributed by atoms with Gasteiger partial charge in [0.1, 0.15) is 0 Å². The summed E-state index contributed by atoms with van der Waals surface area (Å²) >= 11 is 19.9. The monoisotopic (exact) mass is 542 g/mol. The van der Waals surface area contributed by atoms with Gasteiger partial charge in [-0.15, -0.1) is 2.95 Å². The molecule has 0 aromatic rings. The second kappa shape index (κ2) is 6.31. The molecule has 2 nitrogen and oxygen atoms in total. The van der Waals surface area contributed by atoms with E-state index in [4.69, 9.17) is 0 Å². The Kier molecular flexibility index (Phi) is 7.92. The van der Waals surface area contributed by atoms with Gasteiger partial charge in [-0.1, -0.05) is 31.9 Å². The Morgan fingerprint density at radius 3 is 1.73 bits per heavy atom. The summed E-state index contributed by atoms with van der Waals surface area (Å²) in [6, 6.07) is 0. The standard InChI is InChI=1S/C3H4Br6N2/c4-3(5,11(8)9)1-2-10(6)7/h1-2H2. The van der Waals surface area contributed by atoms with E-state index in [0.29, 0.717) is 0 Å². The Balaban J connectivity index is 3.73. The number of hydrogen-bond acceptors (Lipinski definition) is 2. The first-order valence-electron chi connectivity index (χ1n) is 2.45. The third kappa shape index (κ3) is 6.82. The minimum Gasteiger partial charge on any atom is -0.178 e. The van der Waals surface area contributed by atoms with Gasteiger partial charge in [0.2, 0.25) is 0 Å². The van der Waals surface area contributed by atoms with Crippen molar-refractivity contribution >= 4 is 96.4 Å². The molecule has 0 amide bonds. The maximum atomic E-state index is 3.46. The second-order valence-electron chi connectivity index (χ2n) is 1.68. The summed E-state index contributed by atoms with van der Waals surface area (Å²) in [6.07, 6.45) is 0.861. The van der Waals surface area contributed by atoms with Crippen LogP contribution in [-0.2, 0) is 0 Å². The molecule has 0 aliphatic carbocycles. The summed E-state index contributed by atoms with van der Waals surface area (Å²) in [5, 5.41) is 0. The predicted molar refractivity (Wildman–Crippen MR) is 69.5 cm³/mol. The number of rotatable bonds is 4. The fourth-order valence-corrected chi connectivity index (χ4v) is 1.37. The first kappa shape index (κ1) is 13.8. The quantitative estimate of drug-likeness (QED) is 0.287. The Morgan fingerprint density at radius 2 is 1.45 bits per heavy atom. The summed E-state index contributed by atoms with van der Waals surface area (Å²) in [6.45, 7) is 0.837. The van der Waals surface area contributed by atoms with Gasteiger partial charge in [-0.05, 0) is 0 Å². The van der Waals surface area contributed by atoms with E-state index in [-0.39, 0.29) is 3.36 Å². The van der Waals surface area contributed by atoms with Gasteiger partial charge < -0.3 is 0 Å². The molecule has 0 N–H and O–H groups in total. The normalized spacial score (nSPS) is 13.1. The zero-order chi connectivity index (χ0) is 9.07. The van der Waals surface area contributed by atoms with Gasteiger partial charge in [0.25, 0.3) is 0 Å². The molecule has 0 fully saturated rings. The van der Waals surface area contributed by atoms with Crippen LogP contribution in [0.25, 0.3) is 0 Å². The van der Waals surface area contributed by atoms with Crippen LogP contribution in [0.1, 0.15) is 6.42 Å². The average molecular weight is 548 g/mol. The first-order valence-corrected chi connectivity index (χ1v) is 6.87. The zero-order valence-electron chi connectivity index (χ0n) is 5.08. The molecule has 0 spiro atoms. The van der Waals surface area contributed by atoms with Crippen LogP contribution in [0, 0.1) is 0 Å². The van der Waals surface area contributed by atoms with Crippen molar-refractivity contribution in [3.05, 3.63) is 0 Å². The van der Waals surface area contributed by atoms with Crippen LogP contribution in [0.4, 0.5) is 0 Å². The zero-order valence-corrected chi connectivity index (χ0v) is 14.6. The first-order chi connectivity index (χ1) is 4.86. The number of nitrogens with zero attached hydrogens (tertiary/aromatic N) is 2. The van der Waals surface area contributed by atoms with Gasteiger partial charge in [-0.25, -0.2) is 0 Å². The molecule has 11 heavy (non-hydrogen) atoms. The maximum absolute atomic E-state index is 3.46. The highest BCUT2D eigenvalue weighted by Gasteiger charge is 2.28. The highest BCUT2D eigenvalue weighted by molar-refractivity contribution is 9.28. The van der Waals surface area contributed by atoms with E-state index in [0.717, 1.165) is 13.0 Å². The van der Waals surface area contributed by atoms with Crippen molar-refractivity contribution in [3.63, 3.8) is 0 Å². The van der Waals surface area contributed by atoms with Crippen molar-refractivity contribution in [1.82, 2.24) is 5.90 Å². The van der Waals surface area contributed by atoms with Crippen LogP contribution in [-0.4, -0.2) is 15.8 Å². The Hall–Kier alpha value is 2.80. The molecule has 0 radical (unpaired) electrons. The Morgan fingerprint density at radius 1 is 1.00 bits per heavy atom. The van der Waals surface area contributed by atoms with Crippen LogP contribution in [0.5, 0.6) is 0 Å². The lowest BCUT2D eigenvalue weighted by Crippen LogP contribution is -2.25. The number of hydrogen-bond donors (Lipinski definition) is 0. The Bertz CT molecular complexity index is 114. The molecule has 0 saturated carbocycles. The molecule has 0 atom stereocenters. The highest BCUT2D eigenvalue weighted by Crippen LogP contribution is 2.39. The second-order valence-corrected chi connectivity index (χ2v) is 10.4.